The average molecular weight is 498 g/mol. The molecule has 36 heavy (non-hydrogen) atoms. The Bertz CT molecular complexity index is 1400. The van der Waals surface area contributed by atoms with Gasteiger partial charge >= 0.3 is 5.97 Å². The van der Waals surface area contributed by atoms with E-state index in [4.69, 9.17) is 32.8 Å². The Morgan fingerprint density at radius 2 is 1.86 bits per heavy atom. The van der Waals surface area contributed by atoms with Gasteiger partial charge in [-0.3, -0.25) is 4.79 Å². The lowest BCUT2D eigenvalue weighted by Gasteiger charge is -2.18. The van der Waals surface area contributed by atoms with Crippen LogP contribution in [0.5, 0.6) is 23.0 Å². The molecular weight excluding hydrogens is 472 g/mol. The number of hydrogen-bond donors (Lipinski definition) is 1. The Balaban J connectivity index is 1.80. The molecule has 0 bridgehead atoms. The fourth-order valence-electron chi connectivity index (χ4n) is 3.72. The van der Waals surface area contributed by atoms with E-state index in [-0.39, 0.29) is 58.5 Å². The number of hydrogen-bond acceptors (Lipinski definition) is 10. The molecule has 0 atom stereocenters. The molecule has 1 aliphatic heterocycles. The van der Waals surface area contributed by atoms with Crippen LogP contribution in [-0.2, 0) is 19.0 Å². The zero-order valence-corrected chi connectivity index (χ0v) is 20.5. The number of methoxy groups -OCH3 is 2. The van der Waals surface area contributed by atoms with Crippen molar-refractivity contribution in [3.8, 4) is 34.3 Å². The largest absolute Gasteiger partial charge is 0.506 e. The van der Waals surface area contributed by atoms with Crippen LogP contribution in [0.3, 0.4) is 0 Å². The maximum atomic E-state index is 13.4. The van der Waals surface area contributed by atoms with Gasteiger partial charge in [-0.15, -0.1) is 0 Å². The molecule has 0 spiro atoms. The summed E-state index contributed by atoms with van der Waals surface area (Å²) in [5.74, 6) is -0.916. The molecule has 0 saturated carbocycles. The molecular formula is C26H26O10. The van der Waals surface area contributed by atoms with Gasteiger partial charge in [-0.1, -0.05) is 0 Å². The molecule has 10 heteroatoms. The number of rotatable bonds is 8. The topological polar surface area (TPSA) is 123 Å². The van der Waals surface area contributed by atoms with E-state index in [0.29, 0.717) is 11.3 Å². The van der Waals surface area contributed by atoms with Crippen LogP contribution in [-0.4, -0.2) is 44.3 Å². The first-order valence-electron chi connectivity index (χ1n) is 11.1. The molecule has 0 saturated heterocycles. The molecule has 0 amide bonds. The minimum Gasteiger partial charge on any atom is -0.506 e. The SMILES string of the molecule is CCOC(=O)COc1cc(-c2oc3ccc(C4=COC(C)(C)O4)c(O)c3c(=O)c2OC)ccc1OC. The molecule has 0 radical (unpaired) electrons. The normalized spacial score (nSPS) is 14.0. The Morgan fingerprint density at radius 3 is 2.50 bits per heavy atom. The number of aromatic hydroxyl groups is 1. The molecule has 2 heterocycles. The first-order chi connectivity index (χ1) is 17.2. The van der Waals surface area contributed by atoms with Gasteiger partial charge in [-0.25, -0.2) is 4.79 Å². The zero-order chi connectivity index (χ0) is 26.0. The number of phenols is 1. The fourth-order valence-corrected chi connectivity index (χ4v) is 3.72. The average Bonchev–Trinajstić information content (AvgIpc) is 3.21. The van der Waals surface area contributed by atoms with Gasteiger partial charge in [0.2, 0.25) is 17.0 Å². The van der Waals surface area contributed by atoms with Crippen molar-refractivity contribution in [3.63, 3.8) is 0 Å². The number of carbonyl (C=O) groups is 1. The molecule has 2 aromatic carbocycles. The summed E-state index contributed by atoms with van der Waals surface area (Å²) in [7, 11) is 2.78. The van der Waals surface area contributed by atoms with Crippen molar-refractivity contribution in [1.29, 1.82) is 0 Å². The highest BCUT2D eigenvalue weighted by Crippen LogP contribution is 2.41. The van der Waals surface area contributed by atoms with Gasteiger partial charge in [0.1, 0.15) is 23.0 Å². The van der Waals surface area contributed by atoms with Crippen LogP contribution in [0.15, 0.2) is 45.8 Å². The predicted molar refractivity (Wildman–Crippen MR) is 129 cm³/mol. The van der Waals surface area contributed by atoms with E-state index >= 15 is 0 Å². The molecule has 1 N–H and O–H groups in total. The zero-order valence-electron chi connectivity index (χ0n) is 20.5. The molecule has 190 valence electrons. The second-order valence-electron chi connectivity index (χ2n) is 8.19. The lowest BCUT2D eigenvalue weighted by molar-refractivity contribution is -0.145. The monoisotopic (exact) mass is 498 g/mol. The van der Waals surface area contributed by atoms with Crippen molar-refractivity contribution in [2.45, 2.75) is 26.6 Å². The lowest BCUT2D eigenvalue weighted by atomic mass is 10.1. The van der Waals surface area contributed by atoms with Crippen molar-refractivity contribution in [1.82, 2.24) is 0 Å². The number of esters is 1. The van der Waals surface area contributed by atoms with Crippen molar-refractivity contribution >= 4 is 22.7 Å². The summed E-state index contributed by atoms with van der Waals surface area (Å²) in [6.07, 6.45) is 1.38. The Morgan fingerprint density at radius 1 is 1.08 bits per heavy atom. The second kappa shape index (κ2) is 9.73. The highest BCUT2D eigenvalue weighted by Gasteiger charge is 2.31. The van der Waals surface area contributed by atoms with Crippen LogP contribution in [0.2, 0.25) is 0 Å². The fraction of sp³-hybridized carbons (Fsp3) is 0.308. The van der Waals surface area contributed by atoms with E-state index in [1.165, 1.54) is 20.5 Å². The molecule has 0 unspecified atom stereocenters. The summed E-state index contributed by atoms with van der Waals surface area (Å²) in [5.41, 5.74) is 0.234. The van der Waals surface area contributed by atoms with Crippen LogP contribution in [0.25, 0.3) is 28.1 Å². The van der Waals surface area contributed by atoms with Crippen LogP contribution >= 0.6 is 0 Å². The third-order valence-corrected chi connectivity index (χ3v) is 5.34. The smallest absolute Gasteiger partial charge is 0.344 e. The van der Waals surface area contributed by atoms with Gasteiger partial charge in [0.05, 0.1) is 26.4 Å². The molecule has 1 aromatic heterocycles. The van der Waals surface area contributed by atoms with Crippen molar-refractivity contribution in [2.24, 2.45) is 0 Å². The summed E-state index contributed by atoms with van der Waals surface area (Å²) in [6, 6.07) is 7.91. The molecule has 4 rings (SSSR count). The third-order valence-electron chi connectivity index (χ3n) is 5.34. The minimum atomic E-state index is -0.898. The first kappa shape index (κ1) is 24.8. The van der Waals surface area contributed by atoms with E-state index in [9.17, 15) is 14.7 Å². The van der Waals surface area contributed by atoms with E-state index < -0.39 is 17.2 Å². The summed E-state index contributed by atoms with van der Waals surface area (Å²) >= 11 is 0. The maximum absolute atomic E-state index is 13.4. The number of ether oxygens (including phenoxy) is 6. The van der Waals surface area contributed by atoms with Crippen molar-refractivity contribution < 1.29 is 42.7 Å². The van der Waals surface area contributed by atoms with Crippen molar-refractivity contribution in [3.05, 3.63) is 52.4 Å². The maximum Gasteiger partial charge on any atom is 0.344 e. The molecule has 0 fully saturated rings. The van der Waals surface area contributed by atoms with Gasteiger partial charge in [0.15, 0.2) is 29.6 Å². The van der Waals surface area contributed by atoms with Gasteiger partial charge < -0.3 is 37.9 Å². The molecule has 3 aromatic rings. The van der Waals surface area contributed by atoms with Gasteiger partial charge in [-0.05, 0) is 37.3 Å². The minimum absolute atomic E-state index is 0.0744. The van der Waals surface area contributed by atoms with Crippen molar-refractivity contribution in [2.75, 3.05) is 27.4 Å². The summed E-state index contributed by atoms with van der Waals surface area (Å²) in [5, 5.41) is 10.9. The number of fused-ring (bicyclic) bond motifs is 1. The van der Waals surface area contributed by atoms with Crippen LogP contribution in [0.4, 0.5) is 0 Å². The summed E-state index contributed by atoms with van der Waals surface area (Å²) in [4.78, 5) is 25.2. The van der Waals surface area contributed by atoms with Gasteiger partial charge in [-0.2, -0.15) is 0 Å². The second-order valence-corrected chi connectivity index (χ2v) is 8.19. The van der Waals surface area contributed by atoms with E-state index in [1.54, 1.807) is 51.1 Å². The Kier molecular flexibility index (Phi) is 6.69. The molecule has 10 nitrogen and oxygen atoms in total. The summed E-state index contributed by atoms with van der Waals surface area (Å²) < 4.78 is 38.3. The Hall–Kier alpha value is -4.34. The highest BCUT2D eigenvalue weighted by molar-refractivity contribution is 5.91. The Labute approximate surface area is 206 Å². The van der Waals surface area contributed by atoms with Crippen LogP contribution < -0.4 is 19.6 Å². The highest BCUT2D eigenvalue weighted by atomic mass is 16.7. The number of benzene rings is 2. The third kappa shape index (κ3) is 4.61. The standard InChI is InChI=1S/C26H26O10/c1-6-32-20(27)13-33-18-11-14(7-9-16(18)30-4)24-25(31-5)23(29)21-17(35-24)10-8-15(22(21)28)19-12-34-26(2,3)36-19/h7-12,28H,6,13H2,1-5H3. The van der Waals surface area contributed by atoms with E-state index in [0.717, 1.165) is 0 Å². The van der Waals surface area contributed by atoms with E-state index in [2.05, 4.69) is 0 Å². The lowest BCUT2D eigenvalue weighted by Crippen LogP contribution is -2.20. The van der Waals surface area contributed by atoms with Crippen LogP contribution in [0, 0.1) is 0 Å². The summed E-state index contributed by atoms with van der Waals surface area (Å²) in [6.45, 7) is 5.03. The molecule has 1 aliphatic rings. The first-order valence-corrected chi connectivity index (χ1v) is 11.1. The van der Waals surface area contributed by atoms with Gasteiger partial charge in [0.25, 0.3) is 0 Å². The number of carbonyl (C=O) groups excluding carboxylic acids is 1. The van der Waals surface area contributed by atoms with Crippen LogP contribution in [0.1, 0.15) is 26.3 Å². The van der Waals surface area contributed by atoms with Gasteiger partial charge in [0, 0.05) is 19.4 Å². The quantitative estimate of drug-likeness (QED) is 0.452. The number of phenolic OH excluding ortho intramolecular Hbond substituents is 1. The predicted octanol–water partition coefficient (Wildman–Crippen LogP) is 4.21. The molecule has 0 aliphatic carbocycles. The van der Waals surface area contributed by atoms with E-state index in [1.807, 2.05) is 0 Å².